The van der Waals surface area contributed by atoms with Crippen LogP contribution in [0.3, 0.4) is 0 Å². The molecular formula is C20H20ClF3N6O2. The molecule has 0 radical (unpaired) electrons. The molecule has 1 saturated heterocycles. The lowest BCUT2D eigenvalue weighted by Crippen LogP contribution is -2.38. The van der Waals surface area contributed by atoms with Crippen LogP contribution in [0.5, 0.6) is 0 Å². The molecule has 3 aromatic rings. The third-order valence-corrected chi connectivity index (χ3v) is 5.47. The molecule has 1 aliphatic heterocycles. The van der Waals surface area contributed by atoms with E-state index in [0.717, 1.165) is 33.0 Å². The lowest BCUT2D eigenvalue weighted by Gasteiger charge is -2.23. The number of fused-ring (bicyclic) bond motifs is 1. The van der Waals surface area contributed by atoms with Gasteiger partial charge < -0.3 is 20.4 Å². The summed E-state index contributed by atoms with van der Waals surface area (Å²) in [5, 5.41) is 9.07. The summed E-state index contributed by atoms with van der Waals surface area (Å²) in [4.78, 5) is 22.8. The van der Waals surface area contributed by atoms with Gasteiger partial charge in [-0.15, -0.1) is 0 Å². The van der Waals surface area contributed by atoms with Crippen LogP contribution in [-0.4, -0.2) is 47.3 Å². The summed E-state index contributed by atoms with van der Waals surface area (Å²) in [6.45, 7) is 1.72. The number of amides is 1. The molecule has 1 aliphatic rings. The van der Waals surface area contributed by atoms with Crippen LogP contribution >= 0.6 is 11.6 Å². The highest BCUT2D eigenvalue weighted by Gasteiger charge is 2.37. The lowest BCUT2D eigenvalue weighted by atomic mass is 10.0. The number of ether oxygens (including phenoxy) is 1. The Hall–Kier alpha value is -3.05. The van der Waals surface area contributed by atoms with E-state index in [1.807, 2.05) is 0 Å². The molecule has 0 bridgehead atoms. The number of nitrogens with one attached hydrogen (secondary N) is 4. The third-order valence-electron chi connectivity index (χ3n) is 5.19. The van der Waals surface area contributed by atoms with Gasteiger partial charge in [-0.1, -0.05) is 17.7 Å². The molecule has 170 valence electrons. The van der Waals surface area contributed by atoms with Crippen molar-refractivity contribution in [3.8, 4) is 11.3 Å². The Bertz CT molecular complexity index is 1140. The van der Waals surface area contributed by atoms with Crippen LogP contribution in [0.4, 0.5) is 29.6 Å². The fourth-order valence-corrected chi connectivity index (χ4v) is 3.93. The molecule has 3 heterocycles. The number of piperidine rings is 1. The molecule has 4 rings (SSSR count). The Morgan fingerprint density at radius 2 is 2.16 bits per heavy atom. The lowest BCUT2D eigenvalue weighted by molar-refractivity contribution is -0.135. The molecule has 1 amide bonds. The zero-order valence-corrected chi connectivity index (χ0v) is 17.7. The Morgan fingerprint density at radius 3 is 2.84 bits per heavy atom. The summed E-state index contributed by atoms with van der Waals surface area (Å²) in [7, 11) is 1.07. The molecule has 12 heteroatoms. The number of alkyl halides is 3. The number of halogens is 4. The van der Waals surface area contributed by atoms with Crippen molar-refractivity contribution in [1.29, 1.82) is 0 Å². The van der Waals surface area contributed by atoms with Gasteiger partial charge in [0.1, 0.15) is 5.56 Å². The minimum absolute atomic E-state index is 0.143. The average molecular weight is 469 g/mol. The fraction of sp³-hybridized carbons (Fsp3) is 0.350. The first-order valence-corrected chi connectivity index (χ1v) is 10.2. The first-order chi connectivity index (χ1) is 15.3. The second-order valence-electron chi connectivity index (χ2n) is 7.31. The Kier molecular flexibility index (Phi) is 6.11. The fourth-order valence-electron chi connectivity index (χ4n) is 3.74. The molecule has 8 nitrogen and oxygen atoms in total. The zero-order chi connectivity index (χ0) is 22.9. The van der Waals surface area contributed by atoms with Gasteiger partial charge in [-0.3, -0.25) is 5.32 Å². The number of methoxy groups -OCH3 is 1. The van der Waals surface area contributed by atoms with Crippen molar-refractivity contribution in [2.45, 2.75) is 25.1 Å². The molecule has 1 unspecified atom stereocenters. The topological polar surface area (TPSA) is 104 Å². The van der Waals surface area contributed by atoms with E-state index in [-0.39, 0.29) is 22.0 Å². The smallest absolute Gasteiger partial charge is 0.420 e. The van der Waals surface area contributed by atoms with Gasteiger partial charge in [0.05, 0.1) is 35.2 Å². The molecule has 32 heavy (non-hydrogen) atoms. The number of carbonyl (C=O) groups excluding carboxylic acids is 1. The van der Waals surface area contributed by atoms with E-state index < -0.39 is 23.5 Å². The van der Waals surface area contributed by atoms with Gasteiger partial charge in [-0.05, 0) is 25.5 Å². The van der Waals surface area contributed by atoms with E-state index in [9.17, 15) is 18.0 Å². The summed E-state index contributed by atoms with van der Waals surface area (Å²) in [6, 6.07) is 2.77. The van der Waals surface area contributed by atoms with Crippen molar-refractivity contribution >= 4 is 40.2 Å². The second-order valence-corrected chi connectivity index (χ2v) is 7.71. The largest absolute Gasteiger partial charge is 0.453 e. The minimum Gasteiger partial charge on any atom is -0.453 e. The summed E-state index contributed by atoms with van der Waals surface area (Å²) in [5.74, 6) is 0.340. The van der Waals surface area contributed by atoms with Crippen LogP contribution in [0.25, 0.3) is 22.2 Å². The molecule has 0 spiro atoms. The Labute approximate surface area is 185 Å². The van der Waals surface area contributed by atoms with Crippen LogP contribution in [0.15, 0.2) is 24.5 Å². The van der Waals surface area contributed by atoms with Crippen molar-refractivity contribution < 1.29 is 22.7 Å². The Morgan fingerprint density at radius 1 is 1.34 bits per heavy atom. The summed E-state index contributed by atoms with van der Waals surface area (Å²) in [6.07, 6.45) is -0.960. The van der Waals surface area contributed by atoms with Gasteiger partial charge in [-0.25, -0.2) is 14.8 Å². The Balaban J connectivity index is 1.77. The summed E-state index contributed by atoms with van der Waals surface area (Å²) in [5.41, 5.74) is -0.981. The van der Waals surface area contributed by atoms with Crippen molar-refractivity contribution in [3.63, 3.8) is 0 Å². The molecule has 4 N–H and O–H groups in total. The van der Waals surface area contributed by atoms with Gasteiger partial charge in [0, 0.05) is 29.7 Å². The van der Waals surface area contributed by atoms with Gasteiger partial charge in [0.25, 0.3) is 0 Å². The quantitative estimate of drug-likeness (QED) is 0.445. The summed E-state index contributed by atoms with van der Waals surface area (Å²) >= 11 is 6.30. The van der Waals surface area contributed by atoms with Crippen molar-refractivity contribution in [1.82, 2.24) is 20.3 Å². The maximum Gasteiger partial charge on any atom is 0.420 e. The predicted molar refractivity (Wildman–Crippen MR) is 115 cm³/mol. The van der Waals surface area contributed by atoms with E-state index in [1.165, 1.54) is 24.5 Å². The molecule has 1 atom stereocenters. The second kappa shape index (κ2) is 8.83. The van der Waals surface area contributed by atoms with Crippen LogP contribution in [0.2, 0.25) is 5.02 Å². The van der Waals surface area contributed by atoms with Crippen LogP contribution in [0, 0.1) is 0 Å². The highest BCUT2D eigenvalue weighted by atomic mass is 35.5. The van der Waals surface area contributed by atoms with Gasteiger partial charge in [0.15, 0.2) is 0 Å². The number of H-pyrrole nitrogens is 1. The van der Waals surface area contributed by atoms with Crippen molar-refractivity contribution in [2.75, 3.05) is 30.8 Å². The number of carbonyl (C=O) groups is 1. The van der Waals surface area contributed by atoms with E-state index >= 15 is 0 Å². The molecule has 1 aromatic carbocycles. The number of rotatable bonds is 4. The molecule has 2 aromatic heterocycles. The highest BCUT2D eigenvalue weighted by Crippen LogP contribution is 2.43. The van der Waals surface area contributed by atoms with Crippen molar-refractivity contribution in [2.24, 2.45) is 0 Å². The summed E-state index contributed by atoms with van der Waals surface area (Å²) < 4.78 is 46.0. The third kappa shape index (κ3) is 4.44. The van der Waals surface area contributed by atoms with Gasteiger partial charge in [-0.2, -0.15) is 13.2 Å². The molecule has 0 aliphatic carbocycles. The zero-order valence-electron chi connectivity index (χ0n) is 16.9. The normalized spacial score (nSPS) is 16.7. The van der Waals surface area contributed by atoms with Crippen LogP contribution in [-0.2, 0) is 10.9 Å². The first-order valence-electron chi connectivity index (χ1n) is 9.84. The number of benzene rings is 1. The average Bonchev–Trinajstić information content (AvgIpc) is 3.18. The number of hydrogen-bond acceptors (Lipinski definition) is 6. The maximum atomic E-state index is 13.9. The molecule has 0 saturated carbocycles. The standard InChI is InChI=1S/C20H20ClF3N6O2/c1-32-19(31)29-14-5-4-11-12(8-26-17(11)15(14)20(22,23)24)16-13(21)9-27-18(30-16)28-10-3-2-6-25-7-10/h4-5,8-10,25-26H,2-3,6-7H2,1H3,(H,29,31)(H,27,28,30). The SMILES string of the molecule is COC(=O)Nc1ccc2c(-c3nc(NC4CCCNC4)ncc3Cl)c[nH]c2c1C(F)(F)F. The van der Waals surface area contributed by atoms with Crippen LogP contribution in [0.1, 0.15) is 18.4 Å². The van der Waals surface area contributed by atoms with E-state index in [4.69, 9.17) is 11.6 Å². The number of aromatic nitrogens is 3. The van der Waals surface area contributed by atoms with Crippen molar-refractivity contribution in [3.05, 3.63) is 35.1 Å². The molecular weight excluding hydrogens is 449 g/mol. The van der Waals surface area contributed by atoms with Gasteiger partial charge >= 0.3 is 12.3 Å². The number of anilines is 2. The number of aromatic amines is 1. The number of nitrogens with zero attached hydrogens (tertiary/aromatic N) is 2. The monoisotopic (exact) mass is 468 g/mol. The van der Waals surface area contributed by atoms with E-state index in [1.54, 1.807) is 0 Å². The van der Waals surface area contributed by atoms with E-state index in [2.05, 4.69) is 35.6 Å². The molecule has 1 fully saturated rings. The maximum absolute atomic E-state index is 13.9. The highest BCUT2D eigenvalue weighted by molar-refractivity contribution is 6.33. The predicted octanol–water partition coefficient (Wildman–Crippen LogP) is 4.64. The van der Waals surface area contributed by atoms with E-state index in [0.29, 0.717) is 17.2 Å². The first kappa shape index (κ1) is 22.2. The minimum atomic E-state index is -4.74. The van der Waals surface area contributed by atoms with Gasteiger partial charge in [0.2, 0.25) is 5.95 Å². The van der Waals surface area contributed by atoms with Crippen LogP contribution < -0.4 is 16.0 Å². The number of hydrogen-bond donors (Lipinski definition) is 4.